The zero-order valence-electron chi connectivity index (χ0n) is 14.1. The number of allylic oxidation sites excluding steroid dienone is 2. The van der Waals surface area contributed by atoms with Gasteiger partial charge in [-0.2, -0.15) is 0 Å². The zero-order chi connectivity index (χ0) is 19.1. The van der Waals surface area contributed by atoms with Crippen LogP contribution in [0.2, 0.25) is 15.1 Å². The maximum Gasteiger partial charge on any atom is 0.0418 e. The van der Waals surface area contributed by atoms with Crippen LogP contribution in [0, 0.1) is 23.7 Å². The summed E-state index contributed by atoms with van der Waals surface area (Å²) in [5.74, 6) is 12.4. The molecule has 0 unspecified atom stereocenters. The molecule has 0 N–H and O–H groups in total. The lowest BCUT2D eigenvalue weighted by atomic mass is 10.1. The van der Waals surface area contributed by atoms with E-state index in [2.05, 4.69) is 23.7 Å². The summed E-state index contributed by atoms with van der Waals surface area (Å²) >= 11 is 18.2. The number of rotatable bonds is 1. The summed E-state index contributed by atoms with van der Waals surface area (Å²) in [6.07, 6.45) is 1.78. The van der Waals surface area contributed by atoms with Gasteiger partial charge in [0.05, 0.1) is 0 Å². The molecule has 0 fully saturated rings. The molecule has 130 valence electrons. The van der Waals surface area contributed by atoms with E-state index >= 15 is 0 Å². The van der Waals surface area contributed by atoms with Crippen LogP contribution in [0.25, 0.3) is 5.57 Å². The number of benzene rings is 3. The zero-order valence-corrected chi connectivity index (χ0v) is 16.4. The van der Waals surface area contributed by atoms with Crippen molar-refractivity contribution in [3.63, 3.8) is 0 Å². The van der Waals surface area contributed by atoms with Crippen molar-refractivity contribution in [2.75, 3.05) is 0 Å². The predicted octanol–water partition coefficient (Wildman–Crippen LogP) is 7.13. The van der Waals surface area contributed by atoms with Gasteiger partial charge in [0, 0.05) is 37.8 Å². The first-order valence-electron chi connectivity index (χ1n) is 8.11. The van der Waals surface area contributed by atoms with Gasteiger partial charge in [-0.25, -0.2) is 0 Å². The van der Waals surface area contributed by atoms with Gasteiger partial charge in [0.15, 0.2) is 0 Å². The van der Waals surface area contributed by atoms with Gasteiger partial charge in [-0.1, -0.05) is 82.8 Å². The van der Waals surface area contributed by atoms with E-state index in [9.17, 15) is 0 Å². The number of halogens is 3. The largest absolute Gasteiger partial charge is 0.0843 e. The Balaban J connectivity index is 1.98. The fourth-order valence-corrected chi connectivity index (χ4v) is 2.88. The second-order valence-corrected chi connectivity index (χ2v) is 6.92. The van der Waals surface area contributed by atoms with Gasteiger partial charge in [0.25, 0.3) is 0 Å². The summed E-state index contributed by atoms with van der Waals surface area (Å²) < 4.78 is 0. The summed E-state index contributed by atoms with van der Waals surface area (Å²) in [6, 6.07) is 22.3. The van der Waals surface area contributed by atoms with Crippen LogP contribution in [-0.4, -0.2) is 0 Å². The smallest absolute Gasteiger partial charge is 0.0418 e. The van der Waals surface area contributed by atoms with E-state index in [1.807, 2.05) is 72.8 Å². The highest BCUT2D eigenvalue weighted by molar-refractivity contribution is 6.31. The molecule has 0 spiro atoms. The van der Waals surface area contributed by atoms with Crippen LogP contribution in [0.1, 0.15) is 16.7 Å². The Morgan fingerprint density at radius 3 is 1.81 bits per heavy atom. The highest BCUT2D eigenvalue weighted by atomic mass is 35.5. The summed E-state index contributed by atoms with van der Waals surface area (Å²) in [5.41, 5.74) is 3.34. The lowest BCUT2D eigenvalue weighted by molar-refractivity contribution is 1.62. The van der Waals surface area contributed by atoms with Gasteiger partial charge in [0.1, 0.15) is 0 Å². The van der Waals surface area contributed by atoms with E-state index < -0.39 is 0 Å². The third-order valence-electron chi connectivity index (χ3n) is 3.56. The maximum atomic E-state index is 6.13. The van der Waals surface area contributed by atoms with Crippen molar-refractivity contribution in [1.29, 1.82) is 0 Å². The molecular weight excluding hydrogens is 395 g/mol. The number of hydrogen-bond acceptors (Lipinski definition) is 0. The Morgan fingerprint density at radius 1 is 0.667 bits per heavy atom. The minimum absolute atomic E-state index is 0.644. The van der Waals surface area contributed by atoms with Crippen molar-refractivity contribution >= 4 is 40.4 Å². The van der Waals surface area contributed by atoms with E-state index in [0.29, 0.717) is 15.1 Å². The fraction of sp³-hybridized carbons (Fsp3) is 0. The Hall–Kier alpha value is -2.61. The Kier molecular flexibility index (Phi) is 6.64. The second kappa shape index (κ2) is 9.36. The maximum absolute atomic E-state index is 6.13. The molecule has 3 aromatic rings. The molecule has 3 heteroatoms. The van der Waals surface area contributed by atoms with Gasteiger partial charge in [0.2, 0.25) is 0 Å². The molecule has 0 amide bonds. The van der Waals surface area contributed by atoms with Gasteiger partial charge in [-0.05, 0) is 54.1 Å². The molecule has 3 aromatic carbocycles. The average Bonchev–Trinajstić information content (AvgIpc) is 2.64. The first-order chi connectivity index (χ1) is 13.1. The van der Waals surface area contributed by atoms with Gasteiger partial charge in [-0.3, -0.25) is 0 Å². The lowest BCUT2D eigenvalue weighted by Crippen LogP contribution is -1.82. The van der Waals surface area contributed by atoms with E-state index in [4.69, 9.17) is 34.8 Å². The minimum Gasteiger partial charge on any atom is -0.0843 e. The molecule has 0 aliphatic carbocycles. The molecule has 27 heavy (non-hydrogen) atoms. The van der Waals surface area contributed by atoms with E-state index in [1.165, 1.54) is 0 Å². The van der Waals surface area contributed by atoms with Crippen molar-refractivity contribution in [2.45, 2.75) is 0 Å². The Labute approximate surface area is 174 Å². The van der Waals surface area contributed by atoms with Gasteiger partial charge >= 0.3 is 0 Å². The average molecular weight is 408 g/mol. The molecule has 0 aromatic heterocycles. The van der Waals surface area contributed by atoms with Crippen LogP contribution < -0.4 is 0 Å². The van der Waals surface area contributed by atoms with E-state index in [1.54, 1.807) is 6.08 Å². The van der Waals surface area contributed by atoms with Gasteiger partial charge in [-0.15, -0.1) is 0 Å². The molecular formula is C24H13Cl3. The van der Waals surface area contributed by atoms with Crippen LogP contribution in [0.4, 0.5) is 0 Å². The molecule has 3 rings (SSSR count). The molecule has 0 bridgehead atoms. The molecule has 0 heterocycles. The fourth-order valence-electron chi connectivity index (χ4n) is 2.31. The number of hydrogen-bond donors (Lipinski definition) is 0. The molecule has 0 saturated heterocycles. The van der Waals surface area contributed by atoms with Crippen LogP contribution in [0.3, 0.4) is 0 Å². The predicted molar refractivity (Wildman–Crippen MR) is 116 cm³/mol. The third-order valence-corrected chi connectivity index (χ3v) is 4.26. The standard InChI is InChI=1S/C24H13Cl3/c25-22-10-2-6-18(15-22)5-1-8-20(21-9-4-12-24(27)17-21)14-13-19-7-3-11-23(26)16-19/h2-4,6-12,15-17H/b20-8-. The van der Waals surface area contributed by atoms with Crippen LogP contribution in [0.15, 0.2) is 78.9 Å². The summed E-state index contributed by atoms with van der Waals surface area (Å²) in [6.45, 7) is 0. The molecule has 0 radical (unpaired) electrons. The second-order valence-electron chi connectivity index (χ2n) is 5.61. The molecule has 0 aliphatic heterocycles. The molecule has 0 nitrogen and oxygen atoms in total. The first-order valence-corrected chi connectivity index (χ1v) is 9.24. The van der Waals surface area contributed by atoms with E-state index in [0.717, 1.165) is 22.3 Å². The minimum atomic E-state index is 0.644. The lowest BCUT2D eigenvalue weighted by Gasteiger charge is -2.00. The van der Waals surface area contributed by atoms with Crippen molar-refractivity contribution in [1.82, 2.24) is 0 Å². The van der Waals surface area contributed by atoms with Crippen molar-refractivity contribution in [2.24, 2.45) is 0 Å². The van der Waals surface area contributed by atoms with Crippen LogP contribution >= 0.6 is 34.8 Å². The normalized spacial score (nSPS) is 10.4. The summed E-state index contributed by atoms with van der Waals surface area (Å²) in [4.78, 5) is 0. The Morgan fingerprint density at radius 2 is 1.22 bits per heavy atom. The van der Waals surface area contributed by atoms with E-state index in [-0.39, 0.29) is 0 Å². The first kappa shape index (κ1) is 19.2. The quantitative estimate of drug-likeness (QED) is 0.376. The highest BCUT2D eigenvalue weighted by Gasteiger charge is 1.99. The molecule has 0 aliphatic rings. The molecule has 0 atom stereocenters. The monoisotopic (exact) mass is 406 g/mol. The topological polar surface area (TPSA) is 0 Å². The van der Waals surface area contributed by atoms with Crippen molar-refractivity contribution in [3.05, 3.63) is 111 Å². The van der Waals surface area contributed by atoms with Gasteiger partial charge < -0.3 is 0 Å². The van der Waals surface area contributed by atoms with Crippen molar-refractivity contribution < 1.29 is 0 Å². The third kappa shape index (κ3) is 5.96. The summed E-state index contributed by atoms with van der Waals surface area (Å²) in [7, 11) is 0. The van der Waals surface area contributed by atoms with Crippen LogP contribution in [-0.2, 0) is 0 Å². The Bertz CT molecular complexity index is 1120. The SMILES string of the molecule is Clc1cccc(C#C/C=C(/C#Cc2cccc(Cl)c2)c2cccc(Cl)c2)c1. The highest BCUT2D eigenvalue weighted by Crippen LogP contribution is 2.19. The van der Waals surface area contributed by atoms with Crippen LogP contribution in [0.5, 0.6) is 0 Å². The summed E-state index contributed by atoms with van der Waals surface area (Å²) in [5, 5.41) is 1.95. The van der Waals surface area contributed by atoms with Crippen molar-refractivity contribution in [3.8, 4) is 23.7 Å². The molecule has 0 saturated carbocycles.